The van der Waals surface area contributed by atoms with Gasteiger partial charge in [0.2, 0.25) is 0 Å². The summed E-state index contributed by atoms with van der Waals surface area (Å²) in [5.41, 5.74) is -1.29. The number of rotatable bonds is 5. The lowest BCUT2D eigenvalue weighted by molar-refractivity contribution is 0.162. The highest BCUT2D eigenvalue weighted by atomic mass is 28.4. The molecule has 0 unspecified atom stereocenters. The molecule has 6 nitrogen and oxygen atoms in total. The van der Waals surface area contributed by atoms with Crippen LogP contribution in [-0.2, 0) is 18.0 Å². The molecular formula is C14H26FN3O3Si. The van der Waals surface area contributed by atoms with E-state index in [2.05, 4.69) is 25.8 Å². The molecule has 8 heteroatoms. The van der Waals surface area contributed by atoms with E-state index < -0.39 is 25.9 Å². The highest BCUT2D eigenvalue weighted by molar-refractivity contribution is 6.74. The van der Waals surface area contributed by atoms with Crippen molar-refractivity contribution in [2.75, 3.05) is 6.61 Å². The van der Waals surface area contributed by atoms with Gasteiger partial charge < -0.3 is 4.43 Å². The fourth-order valence-electron chi connectivity index (χ4n) is 1.60. The molecule has 0 radical (unpaired) electrons. The third-order valence-electron chi connectivity index (χ3n) is 4.30. The molecule has 0 N–H and O–H groups in total. The molecule has 126 valence electrons. The predicted molar refractivity (Wildman–Crippen MR) is 86.5 cm³/mol. The fraction of sp³-hybridized carbons (Fsp3) is 0.786. The van der Waals surface area contributed by atoms with Crippen molar-refractivity contribution in [1.29, 1.82) is 0 Å². The first-order valence-electron chi connectivity index (χ1n) is 7.29. The van der Waals surface area contributed by atoms with Crippen molar-refractivity contribution in [1.82, 2.24) is 14.1 Å². The monoisotopic (exact) mass is 331 g/mol. The zero-order chi connectivity index (χ0) is 17.3. The number of nitrogens with zero attached hydrogens (tertiary/aromatic N) is 3. The lowest BCUT2D eigenvalue weighted by Crippen LogP contribution is -2.46. The van der Waals surface area contributed by atoms with Crippen LogP contribution in [0.25, 0.3) is 0 Å². The van der Waals surface area contributed by atoms with Gasteiger partial charge in [-0.1, -0.05) is 20.8 Å². The van der Waals surface area contributed by atoms with Crippen molar-refractivity contribution in [2.45, 2.75) is 58.5 Å². The maximum Gasteiger partial charge on any atom is 0.353 e. The van der Waals surface area contributed by atoms with Crippen LogP contribution >= 0.6 is 0 Å². The second-order valence-electron chi connectivity index (χ2n) is 7.06. The normalized spacial score (nSPS) is 14.2. The molecule has 0 aliphatic rings. The first-order chi connectivity index (χ1) is 9.86. The average molecular weight is 331 g/mol. The standard InChI is InChI=1S/C14H26FN3O3Si/c1-10-16-12(19)18(13(20)17(10)5)8-11(15)9-21-22(6,7)14(2,3)4/h11H,8-9H2,1-7H3/t11-/m0/s1. The van der Waals surface area contributed by atoms with Crippen molar-refractivity contribution >= 4 is 8.32 Å². The smallest absolute Gasteiger partial charge is 0.353 e. The molecular weight excluding hydrogens is 305 g/mol. The molecule has 1 aromatic rings. The Labute approximate surface area is 131 Å². The van der Waals surface area contributed by atoms with Gasteiger partial charge in [0, 0.05) is 7.05 Å². The Morgan fingerprint density at radius 2 is 1.86 bits per heavy atom. The molecule has 0 spiro atoms. The van der Waals surface area contributed by atoms with Gasteiger partial charge >= 0.3 is 11.4 Å². The number of aromatic nitrogens is 3. The van der Waals surface area contributed by atoms with Crippen LogP contribution in [0.1, 0.15) is 26.6 Å². The molecule has 1 atom stereocenters. The summed E-state index contributed by atoms with van der Waals surface area (Å²) in [5.74, 6) is 0.305. The van der Waals surface area contributed by atoms with Gasteiger partial charge in [0.1, 0.15) is 12.0 Å². The number of hydrogen-bond acceptors (Lipinski definition) is 4. The Morgan fingerprint density at radius 3 is 2.36 bits per heavy atom. The Bertz CT molecular complexity index is 646. The van der Waals surface area contributed by atoms with Crippen LogP contribution in [0.15, 0.2) is 9.59 Å². The Hall–Kier alpha value is -1.28. The summed E-state index contributed by atoms with van der Waals surface area (Å²) >= 11 is 0. The average Bonchev–Trinajstić information content (AvgIpc) is 2.37. The molecule has 1 aromatic heterocycles. The third-order valence-corrected chi connectivity index (χ3v) is 8.80. The zero-order valence-corrected chi connectivity index (χ0v) is 15.4. The number of aryl methyl sites for hydroxylation is 1. The Kier molecular flexibility index (Phi) is 5.50. The van der Waals surface area contributed by atoms with Crippen LogP contribution in [0.2, 0.25) is 18.1 Å². The summed E-state index contributed by atoms with van der Waals surface area (Å²) in [6.45, 7) is 11.3. The molecule has 0 saturated heterocycles. The van der Waals surface area contributed by atoms with Crippen LogP contribution in [0.3, 0.4) is 0 Å². The van der Waals surface area contributed by atoms with E-state index >= 15 is 0 Å². The fourth-order valence-corrected chi connectivity index (χ4v) is 2.63. The molecule has 0 saturated carbocycles. The first-order valence-corrected chi connectivity index (χ1v) is 10.2. The van der Waals surface area contributed by atoms with Gasteiger partial charge in [0.05, 0.1) is 13.2 Å². The molecule has 1 heterocycles. The van der Waals surface area contributed by atoms with Crippen LogP contribution in [0, 0.1) is 6.92 Å². The van der Waals surface area contributed by atoms with Crippen LogP contribution in [-0.4, -0.2) is 35.2 Å². The highest BCUT2D eigenvalue weighted by Crippen LogP contribution is 2.36. The van der Waals surface area contributed by atoms with Crippen molar-refractivity contribution in [2.24, 2.45) is 7.05 Å². The summed E-state index contributed by atoms with van der Waals surface area (Å²) in [6.07, 6.45) is -1.43. The zero-order valence-electron chi connectivity index (χ0n) is 14.4. The molecule has 0 aliphatic heterocycles. The Balaban J connectivity index is 2.84. The summed E-state index contributed by atoms with van der Waals surface area (Å²) in [6, 6.07) is 0. The minimum atomic E-state index is -2.06. The van der Waals surface area contributed by atoms with Crippen molar-refractivity contribution in [3.63, 3.8) is 0 Å². The van der Waals surface area contributed by atoms with Crippen molar-refractivity contribution in [3.8, 4) is 0 Å². The molecule has 0 bridgehead atoms. The molecule has 0 amide bonds. The van der Waals surface area contributed by atoms with Crippen molar-refractivity contribution < 1.29 is 8.82 Å². The lowest BCUT2D eigenvalue weighted by Gasteiger charge is -2.36. The van der Waals surface area contributed by atoms with Gasteiger partial charge in [-0.3, -0.25) is 4.57 Å². The molecule has 0 fully saturated rings. The summed E-state index contributed by atoms with van der Waals surface area (Å²) < 4.78 is 22.0. The first kappa shape index (κ1) is 18.8. The second-order valence-corrected chi connectivity index (χ2v) is 11.9. The maximum atomic E-state index is 14.2. The van der Waals surface area contributed by atoms with E-state index in [4.69, 9.17) is 4.43 Å². The SMILES string of the molecule is Cc1nc(=O)n(C[C@H](F)CO[Si](C)(C)C(C)(C)C)c(=O)n1C. The van der Waals surface area contributed by atoms with E-state index in [-0.39, 0.29) is 18.2 Å². The topological polar surface area (TPSA) is 66.1 Å². The number of alkyl halides is 1. The van der Waals surface area contributed by atoms with Crippen LogP contribution < -0.4 is 11.4 Å². The van der Waals surface area contributed by atoms with E-state index in [1.54, 1.807) is 6.92 Å². The summed E-state index contributed by atoms with van der Waals surface area (Å²) in [4.78, 5) is 27.4. The van der Waals surface area contributed by atoms with Gasteiger partial charge in [-0.15, -0.1) is 0 Å². The second kappa shape index (κ2) is 6.45. The van der Waals surface area contributed by atoms with E-state index in [1.807, 2.05) is 13.1 Å². The quantitative estimate of drug-likeness (QED) is 0.769. The van der Waals surface area contributed by atoms with E-state index in [9.17, 15) is 14.0 Å². The van der Waals surface area contributed by atoms with E-state index in [0.717, 1.165) is 4.57 Å². The molecule has 1 rings (SSSR count). The largest absolute Gasteiger partial charge is 0.414 e. The minimum Gasteiger partial charge on any atom is -0.414 e. The number of halogens is 1. The molecule has 0 aromatic carbocycles. The molecule has 0 aliphatic carbocycles. The molecule has 22 heavy (non-hydrogen) atoms. The maximum absolute atomic E-state index is 14.2. The van der Waals surface area contributed by atoms with E-state index in [0.29, 0.717) is 5.82 Å². The van der Waals surface area contributed by atoms with Crippen LogP contribution in [0.5, 0.6) is 0 Å². The summed E-state index contributed by atoms with van der Waals surface area (Å²) in [5, 5.41) is -0.0227. The van der Waals surface area contributed by atoms with Crippen LogP contribution in [0.4, 0.5) is 4.39 Å². The summed E-state index contributed by atoms with van der Waals surface area (Å²) in [7, 11) is -0.558. The van der Waals surface area contributed by atoms with Gasteiger partial charge in [0.25, 0.3) is 0 Å². The highest BCUT2D eigenvalue weighted by Gasteiger charge is 2.37. The van der Waals surface area contributed by atoms with Gasteiger partial charge in [-0.2, -0.15) is 4.98 Å². The Morgan fingerprint density at radius 1 is 1.32 bits per heavy atom. The lowest BCUT2D eigenvalue weighted by atomic mass is 10.2. The van der Waals surface area contributed by atoms with Gasteiger partial charge in [-0.25, -0.2) is 18.5 Å². The minimum absolute atomic E-state index is 0.0227. The van der Waals surface area contributed by atoms with Crippen molar-refractivity contribution in [3.05, 3.63) is 26.8 Å². The van der Waals surface area contributed by atoms with Gasteiger partial charge in [0.15, 0.2) is 8.32 Å². The van der Waals surface area contributed by atoms with E-state index in [1.165, 1.54) is 11.6 Å². The predicted octanol–water partition coefficient (Wildman–Crippen LogP) is 1.61. The third kappa shape index (κ3) is 4.13. The van der Waals surface area contributed by atoms with Gasteiger partial charge in [-0.05, 0) is 25.1 Å². The number of hydrogen-bond donors (Lipinski definition) is 0.